The smallest absolute Gasteiger partial charge is 0.0869 e. The molecule has 0 aliphatic carbocycles. The number of nitrogens with one attached hydrogen (secondary N) is 1. The van der Waals surface area contributed by atoms with Crippen LogP contribution in [-0.2, 0) is 6.54 Å². The van der Waals surface area contributed by atoms with Crippen molar-refractivity contribution in [1.29, 1.82) is 0 Å². The molecule has 0 aliphatic rings. The van der Waals surface area contributed by atoms with Crippen LogP contribution in [-0.4, -0.2) is 46.8 Å². The molecular weight excluding hydrogens is 350 g/mol. The van der Waals surface area contributed by atoms with Gasteiger partial charge in [0.15, 0.2) is 0 Å². The van der Waals surface area contributed by atoms with Crippen LogP contribution in [0.25, 0.3) is 0 Å². The summed E-state index contributed by atoms with van der Waals surface area (Å²) in [6.45, 7) is 4.98. The Labute approximate surface area is 138 Å². The first kappa shape index (κ1) is 16.6. The summed E-state index contributed by atoms with van der Waals surface area (Å²) in [6, 6.07) is 0.136. The van der Waals surface area contributed by atoms with Crippen molar-refractivity contribution in [2.75, 3.05) is 27.2 Å². The highest BCUT2D eigenvalue weighted by atomic mass is 79.9. The van der Waals surface area contributed by atoms with Crippen molar-refractivity contribution in [2.24, 2.45) is 0 Å². The van der Waals surface area contributed by atoms with E-state index in [9.17, 15) is 0 Å². The van der Waals surface area contributed by atoms with Crippen LogP contribution < -0.4 is 5.32 Å². The minimum Gasteiger partial charge on any atom is -0.308 e. The lowest BCUT2D eigenvalue weighted by Gasteiger charge is -2.20. The molecular formula is C14H22BrN5S. The maximum Gasteiger partial charge on any atom is 0.0869 e. The van der Waals surface area contributed by atoms with Crippen LogP contribution in [0.4, 0.5) is 0 Å². The average molecular weight is 372 g/mol. The second-order valence-electron chi connectivity index (χ2n) is 5.20. The van der Waals surface area contributed by atoms with Gasteiger partial charge in [0.1, 0.15) is 0 Å². The van der Waals surface area contributed by atoms with Gasteiger partial charge in [-0.2, -0.15) is 5.10 Å². The molecule has 2 aromatic heterocycles. The molecule has 0 amide bonds. The van der Waals surface area contributed by atoms with Crippen molar-refractivity contribution in [2.45, 2.75) is 25.9 Å². The zero-order valence-electron chi connectivity index (χ0n) is 12.7. The molecule has 1 atom stereocenters. The molecule has 21 heavy (non-hydrogen) atoms. The van der Waals surface area contributed by atoms with Crippen molar-refractivity contribution >= 4 is 27.3 Å². The van der Waals surface area contributed by atoms with Crippen LogP contribution in [0.1, 0.15) is 30.0 Å². The predicted molar refractivity (Wildman–Crippen MR) is 90.7 cm³/mol. The van der Waals surface area contributed by atoms with Gasteiger partial charge in [-0.1, -0.05) is 6.92 Å². The molecule has 0 saturated heterocycles. The summed E-state index contributed by atoms with van der Waals surface area (Å²) >= 11 is 5.33. The quantitative estimate of drug-likeness (QED) is 0.774. The van der Waals surface area contributed by atoms with Gasteiger partial charge in [0.25, 0.3) is 0 Å². The largest absolute Gasteiger partial charge is 0.308 e. The van der Waals surface area contributed by atoms with E-state index in [-0.39, 0.29) is 6.04 Å². The van der Waals surface area contributed by atoms with E-state index in [1.807, 2.05) is 17.9 Å². The third-order valence-corrected chi connectivity index (χ3v) is 4.65. The predicted octanol–water partition coefficient (Wildman–Crippen LogP) is 2.75. The molecule has 0 fully saturated rings. The van der Waals surface area contributed by atoms with Crippen LogP contribution in [0.5, 0.6) is 0 Å². The summed E-state index contributed by atoms with van der Waals surface area (Å²) < 4.78 is 3.13. The summed E-state index contributed by atoms with van der Waals surface area (Å²) in [5.41, 5.74) is 3.05. The molecule has 116 valence electrons. The molecule has 0 saturated carbocycles. The standard InChI is InChI=1S/C14H22BrN5S/c1-4-5-17-13(12-9-16-10-21-12)14-11(15)8-18-20(14)7-6-19(2)3/h8-10,13,17H,4-7H2,1-3H3. The van der Waals surface area contributed by atoms with Crippen LogP contribution >= 0.6 is 27.3 Å². The van der Waals surface area contributed by atoms with Crippen LogP contribution in [0.15, 0.2) is 22.4 Å². The Hall–Kier alpha value is -0.760. The van der Waals surface area contributed by atoms with Crippen LogP contribution in [0.2, 0.25) is 0 Å². The molecule has 2 aromatic rings. The highest BCUT2D eigenvalue weighted by Crippen LogP contribution is 2.30. The Balaban J connectivity index is 2.28. The zero-order chi connectivity index (χ0) is 15.2. The van der Waals surface area contributed by atoms with Gasteiger partial charge < -0.3 is 10.2 Å². The molecule has 2 heterocycles. The Morgan fingerprint density at radius 3 is 2.86 bits per heavy atom. The van der Waals surface area contributed by atoms with Crippen molar-refractivity contribution in [3.05, 3.63) is 32.9 Å². The van der Waals surface area contributed by atoms with Gasteiger partial charge in [0, 0.05) is 17.6 Å². The highest BCUT2D eigenvalue weighted by Gasteiger charge is 2.22. The minimum atomic E-state index is 0.136. The van der Waals surface area contributed by atoms with Gasteiger partial charge in [-0.05, 0) is 43.0 Å². The zero-order valence-corrected chi connectivity index (χ0v) is 15.1. The first-order valence-corrected chi connectivity index (χ1v) is 8.78. The molecule has 0 radical (unpaired) electrons. The SMILES string of the molecule is CCCNC(c1cncs1)c1c(Br)cnn1CCN(C)C. The maximum atomic E-state index is 4.51. The first-order chi connectivity index (χ1) is 10.1. The summed E-state index contributed by atoms with van der Waals surface area (Å²) in [4.78, 5) is 7.61. The van der Waals surface area contributed by atoms with Crippen molar-refractivity contribution < 1.29 is 0 Å². The molecule has 7 heteroatoms. The molecule has 1 N–H and O–H groups in total. The van der Waals surface area contributed by atoms with E-state index in [1.165, 1.54) is 10.6 Å². The fourth-order valence-electron chi connectivity index (χ4n) is 2.12. The second kappa shape index (κ2) is 8.03. The summed E-state index contributed by atoms with van der Waals surface area (Å²) in [7, 11) is 4.16. The van der Waals surface area contributed by atoms with E-state index in [2.05, 4.69) is 61.9 Å². The first-order valence-electron chi connectivity index (χ1n) is 7.11. The van der Waals surface area contributed by atoms with Gasteiger partial charge in [0.05, 0.1) is 34.5 Å². The molecule has 0 aliphatic heterocycles. The normalized spacial score (nSPS) is 13.0. The lowest BCUT2D eigenvalue weighted by Crippen LogP contribution is -2.27. The third kappa shape index (κ3) is 4.35. The monoisotopic (exact) mass is 371 g/mol. The number of rotatable bonds is 8. The summed E-state index contributed by atoms with van der Waals surface area (Å²) in [5, 5.41) is 8.12. The summed E-state index contributed by atoms with van der Waals surface area (Å²) in [5.74, 6) is 0. The van der Waals surface area contributed by atoms with Gasteiger partial charge in [-0.15, -0.1) is 11.3 Å². The van der Waals surface area contributed by atoms with E-state index in [4.69, 9.17) is 0 Å². The number of likely N-dealkylation sites (N-methyl/N-ethyl adjacent to an activating group) is 1. The van der Waals surface area contributed by atoms with E-state index in [0.717, 1.165) is 30.5 Å². The Morgan fingerprint density at radius 1 is 1.43 bits per heavy atom. The van der Waals surface area contributed by atoms with Crippen molar-refractivity contribution in [1.82, 2.24) is 25.0 Å². The van der Waals surface area contributed by atoms with Crippen molar-refractivity contribution in [3.8, 4) is 0 Å². The number of nitrogens with zero attached hydrogens (tertiary/aromatic N) is 4. The maximum absolute atomic E-state index is 4.51. The number of aromatic nitrogens is 3. The summed E-state index contributed by atoms with van der Waals surface area (Å²) in [6.07, 6.45) is 4.92. The van der Waals surface area contributed by atoms with E-state index in [0.29, 0.717) is 0 Å². The van der Waals surface area contributed by atoms with Gasteiger partial charge >= 0.3 is 0 Å². The van der Waals surface area contributed by atoms with Gasteiger partial charge in [-0.3, -0.25) is 9.67 Å². The minimum absolute atomic E-state index is 0.136. The Kier molecular flexibility index (Phi) is 6.35. The number of hydrogen-bond acceptors (Lipinski definition) is 5. The van der Waals surface area contributed by atoms with Crippen molar-refractivity contribution in [3.63, 3.8) is 0 Å². The van der Waals surface area contributed by atoms with Crippen LogP contribution in [0.3, 0.4) is 0 Å². The van der Waals surface area contributed by atoms with Crippen LogP contribution in [0, 0.1) is 0 Å². The number of thiazole rings is 1. The van der Waals surface area contributed by atoms with Gasteiger partial charge in [0.2, 0.25) is 0 Å². The molecule has 1 unspecified atom stereocenters. The average Bonchev–Trinajstić information content (AvgIpc) is 3.09. The lowest BCUT2D eigenvalue weighted by atomic mass is 10.1. The van der Waals surface area contributed by atoms with E-state index < -0.39 is 0 Å². The third-order valence-electron chi connectivity index (χ3n) is 3.20. The molecule has 5 nitrogen and oxygen atoms in total. The van der Waals surface area contributed by atoms with Gasteiger partial charge in [-0.25, -0.2) is 0 Å². The number of halogens is 1. The highest BCUT2D eigenvalue weighted by molar-refractivity contribution is 9.10. The molecule has 0 spiro atoms. The van der Waals surface area contributed by atoms with E-state index >= 15 is 0 Å². The fourth-order valence-corrected chi connectivity index (χ4v) is 3.34. The second-order valence-corrected chi connectivity index (χ2v) is 6.97. The fraction of sp³-hybridized carbons (Fsp3) is 0.571. The topological polar surface area (TPSA) is 46.0 Å². The molecule has 0 bridgehead atoms. The van der Waals surface area contributed by atoms with E-state index in [1.54, 1.807) is 11.3 Å². The number of hydrogen-bond donors (Lipinski definition) is 1. The Bertz CT molecular complexity index is 538. The molecule has 2 rings (SSSR count). The molecule has 0 aromatic carbocycles. The lowest BCUT2D eigenvalue weighted by molar-refractivity contribution is 0.365. The Morgan fingerprint density at radius 2 is 2.24 bits per heavy atom.